The second-order valence-electron chi connectivity index (χ2n) is 6.94. The molecule has 8 heteroatoms. The van der Waals surface area contributed by atoms with Crippen LogP contribution >= 0.6 is 0 Å². The van der Waals surface area contributed by atoms with Crippen LogP contribution in [0.4, 0.5) is 0 Å². The van der Waals surface area contributed by atoms with Crippen LogP contribution in [-0.4, -0.2) is 31.1 Å². The highest BCUT2D eigenvalue weighted by molar-refractivity contribution is 5.62. The summed E-state index contributed by atoms with van der Waals surface area (Å²) in [5, 5.41) is 14.6. The van der Waals surface area contributed by atoms with Gasteiger partial charge in [0.05, 0.1) is 44.2 Å². The van der Waals surface area contributed by atoms with Crippen molar-refractivity contribution in [2.24, 2.45) is 5.73 Å². The van der Waals surface area contributed by atoms with Crippen molar-refractivity contribution >= 4 is 0 Å². The Morgan fingerprint density at radius 3 is 2.26 bits per heavy atom. The van der Waals surface area contributed by atoms with E-state index >= 15 is 0 Å². The number of methoxy groups -OCH3 is 3. The molecule has 3 aromatic rings. The number of rotatable bonds is 5. The van der Waals surface area contributed by atoms with E-state index in [0.717, 1.165) is 22.5 Å². The average Bonchev–Trinajstić information content (AvgIpc) is 3.13. The van der Waals surface area contributed by atoms with E-state index in [1.165, 1.54) is 0 Å². The maximum atomic E-state index is 9.90. The van der Waals surface area contributed by atoms with Crippen LogP contribution in [0.3, 0.4) is 0 Å². The van der Waals surface area contributed by atoms with Crippen molar-refractivity contribution in [3.8, 4) is 34.9 Å². The molecule has 0 unspecified atom stereocenters. The van der Waals surface area contributed by atoms with E-state index in [0.29, 0.717) is 23.1 Å². The van der Waals surface area contributed by atoms with Gasteiger partial charge < -0.3 is 24.7 Å². The number of nitrogens with zero attached hydrogens (tertiary/aromatic N) is 3. The maximum absolute atomic E-state index is 9.90. The second-order valence-corrected chi connectivity index (χ2v) is 6.94. The van der Waals surface area contributed by atoms with Crippen LogP contribution < -0.4 is 24.7 Å². The monoisotopic (exact) mass is 418 g/mol. The summed E-state index contributed by atoms with van der Waals surface area (Å²) in [6.07, 6.45) is 0. The zero-order valence-electron chi connectivity index (χ0n) is 17.7. The maximum Gasteiger partial charge on any atom is 0.229 e. The van der Waals surface area contributed by atoms with Crippen molar-refractivity contribution in [3.05, 3.63) is 70.7 Å². The van der Waals surface area contributed by atoms with Crippen LogP contribution in [0.15, 0.2) is 53.9 Å². The molecular formula is C23H22N4O4. The number of hydrogen-bond acceptors (Lipinski definition) is 7. The lowest BCUT2D eigenvalue weighted by atomic mass is 9.84. The third-order valence-electron chi connectivity index (χ3n) is 5.25. The number of allylic oxidation sites excluding steroid dienone is 1. The fraction of sp³-hybridized carbons (Fsp3) is 0.217. The van der Waals surface area contributed by atoms with E-state index in [1.54, 1.807) is 26.0 Å². The topological polar surface area (TPSA) is 105 Å². The number of ether oxygens (including phenoxy) is 4. The van der Waals surface area contributed by atoms with Gasteiger partial charge in [0.15, 0.2) is 11.5 Å². The van der Waals surface area contributed by atoms with Gasteiger partial charge in [0.2, 0.25) is 17.5 Å². The third-order valence-corrected chi connectivity index (χ3v) is 5.25. The van der Waals surface area contributed by atoms with E-state index in [-0.39, 0.29) is 11.5 Å². The van der Waals surface area contributed by atoms with Gasteiger partial charge in [-0.3, -0.25) is 0 Å². The summed E-state index contributed by atoms with van der Waals surface area (Å²) in [7, 11) is 4.63. The Morgan fingerprint density at radius 1 is 1.06 bits per heavy atom. The summed E-state index contributed by atoms with van der Waals surface area (Å²) in [6, 6.07) is 15.4. The fourth-order valence-corrected chi connectivity index (χ4v) is 3.86. The minimum atomic E-state index is -0.514. The van der Waals surface area contributed by atoms with Gasteiger partial charge in [0.25, 0.3) is 0 Å². The Morgan fingerprint density at radius 2 is 1.71 bits per heavy atom. The number of aryl methyl sites for hydroxylation is 1. The molecule has 158 valence electrons. The Labute approximate surface area is 180 Å². The number of para-hydroxylation sites is 1. The number of hydrogen-bond donors (Lipinski definition) is 1. The predicted molar refractivity (Wildman–Crippen MR) is 114 cm³/mol. The van der Waals surface area contributed by atoms with Gasteiger partial charge in [-0.2, -0.15) is 10.4 Å². The van der Waals surface area contributed by atoms with Crippen LogP contribution in [-0.2, 0) is 0 Å². The van der Waals surface area contributed by atoms with Crippen LogP contribution in [0.2, 0.25) is 0 Å². The molecule has 31 heavy (non-hydrogen) atoms. The van der Waals surface area contributed by atoms with Gasteiger partial charge in [0.1, 0.15) is 11.6 Å². The van der Waals surface area contributed by atoms with Crippen molar-refractivity contribution in [1.82, 2.24) is 9.78 Å². The molecule has 0 bridgehead atoms. The lowest BCUT2D eigenvalue weighted by molar-refractivity contribution is 0.323. The first-order valence-corrected chi connectivity index (χ1v) is 9.56. The average molecular weight is 418 g/mol. The van der Waals surface area contributed by atoms with Crippen molar-refractivity contribution in [3.63, 3.8) is 0 Å². The molecule has 0 spiro atoms. The molecule has 0 radical (unpaired) electrons. The largest absolute Gasteiger partial charge is 0.493 e. The smallest absolute Gasteiger partial charge is 0.229 e. The zero-order valence-corrected chi connectivity index (χ0v) is 17.7. The summed E-state index contributed by atoms with van der Waals surface area (Å²) in [6.45, 7) is 1.88. The molecule has 4 rings (SSSR count). The van der Waals surface area contributed by atoms with Gasteiger partial charge in [-0.1, -0.05) is 18.2 Å². The highest BCUT2D eigenvalue weighted by Gasteiger charge is 2.37. The molecular weight excluding hydrogens is 396 g/mol. The third kappa shape index (κ3) is 3.20. The summed E-state index contributed by atoms with van der Waals surface area (Å²) in [4.78, 5) is 0. The molecule has 1 aliphatic rings. The second kappa shape index (κ2) is 7.95. The Balaban J connectivity index is 1.98. The van der Waals surface area contributed by atoms with Crippen LogP contribution in [0, 0.1) is 18.3 Å². The number of benzene rings is 2. The van der Waals surface area contributed by atoms with Gasteiger partial charge in [-0.05, 0) is 36.8 Å². The lowest BCUT2D eigenvalue weighted by Crippen LogP contribution is -2.22. The first kappa shape index (κ1) is 20.2. The molecule has 0 fully saturated rings. The number of nitrogens with two attached hydrogens (primary N) is 1. The van der Waals surface area contributed by atoms with E-state index in [1.807, 2.05) is 49.4 Å². The lowest BCUT2D eigenvalue weighted by Gasteiger charge is -2.26. The van der Waals surface area contributed by atoms with Crippen LogP contribution in [0.1, 0.15) is 22.7 Å². The molecule has 8 nitrogen and oxygen atoms in total. The summed E-state index contributed by atoms with van der Waals surface area (Å²) in [5.74, 6) is 1.42. The molecule has 0 amide bonds. The van der Waals surface area contributed by atoms with Crippen molar-refractivity contribution in [2.75, 3.05) is 21.3 Å². The highest BCUT2D eigenvalue weighted by atomic mass is 16.5. The molecule has 1 aliphatic heterocycles. The Bertz CT molecular complexity index is 1180. The number of nitriles is 1. The molecule has 2 aromatic carbocycles. The molecule has 2 heterocycles. The van der Waals surface area contributed by atoms with Crippen molar-refractivity contribution in [1.29, 1.82) is 5.26 Å². The van der Waals surface area contributed by atoms with Gasteiger partial charge in [-0.15, -0.1) is 0 Å². The summed E-state index contributed by atoms with van der Waals surface area (Å²) < 4.78 is 24.1. The minimum Gasteiger partial charge on any atom is -0.493 e. The molecule has 1 atom stereocenters. The summed E-state index contributed by atoms with van der Waals surface area (Å²) >= 11 is 0. The van der Waals surface area contributed by atoms with E-state index < -0.39 is 5.92 Å². The molecule has 2 N–H and O–H groups in total. The standard InChI is InChI=1S/C23H22N4O4/c1-13-19-20(14-10-17(28-2)21(30-4)18(11-14)29-3)16(12-24)22(25)31-23(19)27(26-13)15-8-6-5-7-9-15/h5-11,20H,25H2,1-4H3/t20-/m0/s1. The minimum absolute atomic E-state index is 0.0332. The zero-order chi connectivity index (χ0) is 22.1. The molecule has 0 saturated heterocycles. The Hall–Kier alpha value is -4.12. The molecule has 0 saturated carbocycles. The SMILES string of the molecule is COc1cc([C@H]2C(C#N)=C(N)Oc3c2c(C)nn3-c2ccccc2)cc(OC)c1OC. The van der Waals surface area contributed by atoms with E-state index in [9.17, 15) is 5.26 Å². The first-order chi connectivity index (χ1) is 15.0. The van der Waals surface area contributed by atoms with Crippen molar-refractivity contribution in [2.45, 2.75) is 12.8 Å². The quantitative estimate of drug-likeness (QED) is 0.677. The van der Waals surface area contributed by atoms with Crippen molar-refractivity contribution < 1.29 is 18.9 Å². The predicted octanol–water partition coefficient (Wildman–Crippen LogP) is 3.42. The van der Waals surface area contributed by atoms with Crippen LogP contribution in [0.25, 0.3) is 5.69 Å². The Kier molecular flexibility index (Phi) is 5.17. The molecule has 0 aliphatic carbocycles. The number of aromatic nitrogens is 2. The van der Waals surface area contributed by atoms with E-state index in [2.05, 4.69) is 11.2 Å². The normalized spacial score (nSPS) is 15.0. The first-order valence-electron chi connectivity index (χ1n) is 9.56. The van der Waals surface area contributed by atoms with Gasteiger partial charge in [0, 0.05) is 0 Å². The summed E-state index contributed by atoms with van der Waals surface area (Å²) in [5.41, 5.74) is 9.52. The van der Waals surface area contributed by atoms with Gasteiger partial charge in [-0.25, -0.2) is 4.68 Å². The highest BCUT2D eigenvalue weighted by Crippen LogP contribution is 2.48. The van der Waals surface area contributed by atoms with Gasteiger partial charge >= 0.3 is 0 Å². The fourth-order valence-electron chi connectivity index (χ4n) is 3.86. The van der Waals surface area contributed by atoms with Crippen LogP contribution in [0.5, 0.6) is 23.1 Å². The number of fused-ring (bicyclic) bond motifs is 1. The van der Waals surface area contributed by atoms with E-state index in [4.69, 9.17) is 24.7 Å². The molecule has 1 aromatic heterocycles.